The predicted octanol–water partition coefficient (Wildman–Crippen LogP) is 7.80. The second-order valence-electron chi connectivity index (χ2n) is 9.86. The first kappa shape index (κ1) is 31.0. The molecule has 8 nitrogen and oxygen atoms in total. The van der Waals surface area contributed by atoms with Gasteiger partial charge in [0.05, 0.1) is 0 Å². The number of anilines is 2. The Labute approximate surface area is 251 Å². The highest BCUT2D eigenvalue weighted by Gasteiger charge is 2.25. The molecule has 0 aliphatic rings. The molecule has 2 atom stereocenters. The SMILES string of the molecule is C=CC(=O)Nc1ccc(C(C)c2ccc(OP(=O)(O)Oc3ccc(C(C)c4ccc(NC(=O)C=C)cc4)cc3)cc2)cc1. The summed E-state index contributed by atoms with van der Waals surface area (Å²) in [4.78, 5) is 33.3. The van der Waals surface area contributed by atoms with Crippen molar-refractivity contribution in [2.24, 2.45) is 0 Å². The van der Waals surface area contributed by atoms with Crippen LogP contribution < -0.4 is 19.7 Å². The first-order valence-electron chi connectivity index (χ1n) is 13.6. The van der Waals surface area contributed by atoms with Crippen molar-refractivity contribution >= 4 is 31.0 Å². The lowest BCUT2D eigenvalue weighted by Crippen LogP contribution is -2.07. The molecule has 9 heteroatoms. The van der Waals surface area contributed by atoms with Crippen molar-refractivity contribution in [1.82, 2.24) is 0 Å². The van der Waals surface area contributed by atoms with Crippen LogP contribution in [0.1, 0.15) is 47.9 Å². The molecule has 3 N–H and O–H groups in total. The molecule has 43 heavy (non-hydrogen) atoms. The van der Waals surface area contributed by atoms with Gasteiger partial charge in [0.1, 0.15) is 11.5 Å². The molecule has 4 aromatic rings. The van der Waals surface area contributed by atoms with E-state index in [2.05, 4.69) is 23.8 Å². The molecule has 2 unspecified atom stereocenters. The van der Waals surface area contributed by atoms with Gasteiger partial charge < -0.3 is 19.7 Å². The van der Waals surface area contributed by atoms with E-state index in [4.69, 9.17) is 9.05 Å². The average molecular weight is 597 g/mol. The minimum atomic E-state index is -4.45. The molecule has 0 saturated heterocycles. The zero-order valence-electron chi connectivity index (χ0n) is 23.9. The molecule has 0 aliphatic carbocycles. The summed E-state index contributed by atoms with van der Waals surface area (Å²) in [5.74, 6) is -0.0854. The molecule has 4 aromatic carbocycles. The van der Waals surface area contributed by atoms with Crippen molar-refractivity contribution in [2.75, 3.05) is 10.6 Å². The summed E-state index contributed by atoms with van der Waals surface area (Å²) in [5, 5.41) is 5.44. The highest BCUT2D eigenvalue weighted by Crippen LogP contribution is 2.45. The van der Waals surface area contributed by atoms with Gasteiger partial charge in [-0.05, 0) is 82.9 Å². The molecule has 2 amide bonds. The minimum Gasteiger partial charge on any atom is -0.395 e. The Balaban J connectivity index is 1.34. The molecule has 4 rings (SSSR count). The van der Waals surface area contributed by atoms with Gasteiger partial charge in [-0.3, -0.25) is 14.5 Å². The van der Waals surface area contributed by atoms with Gasteiger partial charge in [-0.25, -0.2) is 4.57 Å². The van der Waals surface area contributed by atoms with Crippen LogP contribution in [0.3, 0.4) is 0 Å². The number of phosphoric ester groups is 1. The van der Waals surface area contributed by atoms with E-state index in [-0.39, 0.29) is 35.1 Å². The predicted molar refractivity (Wildman–Crippen MR) is 170 cm³/mol. The van der Waals surface area contributed by atoms with Crippen LogP contribution in [0.25, 0.3) is 0 Å². The Kier molecular flexibility index (Phi) is 9.99. The molecular weight excluding hydrogens is 563 g/mol. The fourth-order valence-electron chi connectivity index (χ4n) is 4.40. The second kappa shape index (κ2) is 13.8. The molecule has 0 radical (unpaired) electrons. The Hall–Kier alpha value is -4.91. The number of amides is 2. The number of hydrogen-bond acceptors (Lipinski definition) is 5. The molecule has 0 aliphatic heterocycles. The lowest BCUT2D eigenvalue weighted by atomic mass is 9.93. The van der Waals surface area contributed by atoms with Gasteiger partial charge in [0, 0.05) is 23.2 Å². The molecule has 0 heterocycles. The normalized spacial score (nSPS) is 13.5. The van der Waals surface area contributed by atoms with Gasteiger partial charge in [0.2, 0.25) is 11.8 Å². The van der Waals surface area contributed by atoms with Crippen LogP contribution in [-0.2, 0) is 14.2 Å². The Morgan fingerprint density at radius 1 is 0.628 bits per heavy atom. The number of carbonyl (C=O) groups excluding carboxylic acids is 2. The maximum absolute atomic E-state index is 12.7. The van der Waals surface area contributed by atoms with Crippen LogP contribution in [0.15, 0.2) is 122 Å². The summed E-state index contributed by atoms with van der Waals surface area (Å²) in [6, 6.07) is 28.8. The van der Waals surface area contributed by atoms with Crippen molar-refractivity contribution in [2.45, 2.75) is 25.7 Å². The molecule has 0 aromatic heterocycles. The van der Waals surface area contributed by atoms with E-state index < -0.39 is 7.82 Å². The van der Waals surface area contributed by atoms with E-state index in [0.717, 1.165) is 22.3 Å². The average Bonchev–Trinajstić information content (AvgIpc) is 3.01. The molecule has 0 bridgehead atoms. The van der Waals surface area contributed by atoms with Gasteiger partial charge in [0.15, 0.2) is 0 Å². The van der Waals surface area contributed by atoms with E-state index >= 15 is 0 Å². The molecule has 0 fully saturated rings. The zero-order valence-corrected chi connectivity index (χ0v) is 24.8. The van der Waals surface area contributed by atoms with Gasteiger partial charge >= 0.3 is 7.82 Å². The number of phosphoric acid groups is 1. The van der Waals surface area contributed by atoms with Crippen LogP contribution in [0.4, 0.5) is 11.4 Å². The van der Waals surface area contributed by atoms with Crippen molar-refractivity contribution in [3.8, 4) is 11.5 Å². The van der Waals surface area contributed by atoms with Crippen molar-refractivity contribution in [3.63, 3.8) is 0 Å². The third-order valence-corrected chi connectivity index (χ3v) is 7.81. The van der Waals surface area contributed by atoms with Crippen molar-refractivity contribution in [1.29, 1.82) is 0 Å². The van der Waals surface area contributed by atoms with Crippen molar-refractivity contribution < 1.29 is 28.1 Å². The number of rotatable bonds is 12. The monoisotopic (exact) mass is 596 g/mol. The van der Waals surface area contributed by atoms with Gasteiger partial charge in [-0.2, -0.15) is 0 Å². The lowest BCUT2D eigenvalue weighted by Gasteiger charge is -2.17. The smallest absolute Gasteiger partial charge is 0.395 e. The van der Waals surface area contributed by atoms with E-state index in [0.29, 0.717) is 11.4 Å². The standard InChI is InChI=1S/C34H33N2O6P/c1-5-33(37)35-29-15-7-25(8-16-29)23(3)27-11-19-31(20-12-27)41-43(39,40)42-32-21-13-28(14-22-32)24(4)26-9-17-30(18-10-26)36-34(38)6-2/h5-24H,1-2H2,3-4H3,(H,35,37)(H,36,38)(H,39,40). The second-order valence-corrected chi connectivity index (χ2v) is 11.2. The van der Waals surface area contributed by atoms with Crippen LogP contribution in [-0.4, -0.2) is 16.7 Å². The minimum absolute atomic E-state index is 0.0346. The van der Waals surface area contributed by atoms with E-state index in [1.165, 1.54) is 12.2 Å². The van der Waals surface area contributed by atoms with E-state index in [1.54, 1.807) is 24.3 Å². The fraction of sp³-hybridized carbons (Fsp3) is 0.118. The van der Waals surface area contributed by atoms with Crippen LogP contribution in [0.5, 0.6) is 11.5 Å². The molecular formula is C34H33N2O6P. The first-order valence-corrected chi connectivity index (χ1v) is 15.0. The third kappa shape index (κ3) is 8.55. The first-order chi connectivity index (χ1) is 20.6. The maximum Gasteiger partial charge on any atom is 0.584 e. The van der Waals surface area contributed by atoms with Gasteiger partial charge in [0.25, 0.3) is 0 Å². The third-order valence-electron chi connectivity index (χ3n) is 6.93. The number of nitrogens with one attached hydrogen (secondary N) is 2. The van der Waals surface area contributed by atoms with Crippen LogP contribution in [0, 0.1) is 0 Å². The molecule has 220 valence electrons. The Morgan fingerprint density at radius 3 is 1.19 bits per heavy atom. The summed E-state index contributed by atoms with van der Waals surface area (Å²) < 4.78 is 23.3. The lowest BCUT2D eigenvalue weighted by molar-refractivity contribution is -0.112. The quantitative estimate of drug-likeness (QED) is 0.114. The van der Waals surface area contributed by atoms with Gasteiger partial charge in [-0.1, -0.05) is 75.5 Å². The Morgan fingerprint density at radius 2 is 0.907 bits per heavy atom. The number of hydrogen-bond donors (Lipinski definition) is 3. The Bertz CT molecular complexity index is 1510. The summed E-state index contributed by atoms with van der Waals surface area (Å²) in [6.45, 7) is 11.0. The number of carbonyl (C=O) groups is 2. The summed E-state index contributed by atoms with van der Waals surface area (Å²) >= 11 is 0. The fourth-order valence-corrected chi connectivity index (χ4v) is 5.22. The highest BCUT2D eigenvalue weighted by atomic mass is 31.2. The van der Waals surface area contributed by atoms with Crippen LogP contribution in [0.2, 0.25) is 0 Å². The summed E-state index contributed by atoms with van der Waals surface area (Å²) in [5.41, 5.74) is 5.38. The highest BCUT2D eigenvalue weighted by molar-refractivity contribution is 7.48. The zero-order chi connectivity index (χ0) is 31.0. The topological polar surface area (TPSA) is 114 Å². The van der Waals surface area contributed by atoms with Crippen molar-refractivity contribution in [3.05, 3.63) is 145 Å². The van der Waals surface area contributed by atoms with Crippen LogP contribution >= 0.6 is 7.82 Å². The maximum atomic E-state index is 12.7. The summed E-state index contributed by atoms with van der Waals surface area (Å²) in [7, 11) is -4.45. The molecule has 0 spiro atoms. The summed E-state index contributed by atoms with van der Waals surface area (Å²) in [6.07, 6.45) is 2.43. The van der Waals surface area contributed by atoms with Gasteiger partial charge in [-0.15, -0.1) is 0 Å². The number of benzene rings is 4. The van der Waals surface area contributed by atoms with E-state index in [1.807, 2.05) is 86.6 Å². The largest absolute Gasteiger partial charge is 0.584 e. The van der Waals surface area contributed by atoms with E-state index in [9.17, 15) is 19.0 Å². The molecule has 0 saturated carbocycles.